The zero-order valence-corrected chi connectivity index (χ0v) is 18.4. The number of nitrogens with one attached hydrogen (secondary N) is 1. The molecule has 0 aromatic heterocycles. The number of urea groups is 1. The van der Waals surface area contributed by atoms with Crippen molar-refractivity contribution in [1.82, 2.24) is 4.90 Å². The molecule has 0 unspecified atom stereocenters. The van der Waals surface area contributed by atoms with Crippen LogP contribution < -0.4 is 15.0 Å². The van der Waals surface area contributed by atoms with Crippen molar-refractivity contribution in [1.29, 1.82) is 0 Å². The van der Waals surface area contributed by atoms with Crippen LogP contribution in [0, 0.1) is 6.92 Å². The second-order valence-corrected chi connectivity index (χ2v) is 7.89. The van der Waals surface area contributed by atoms with Crippen molar-refractivity contribution >= 4 is 23.3 Å². The van der Waals surface area contributed by atoms with Crippen molar-refractivity contribution in [2.24, 2.45) is 0 Å². The van der Waals surface area contributed by atoms with E-state index in [0.717, 1.165) is 29.0 Å². The largest absolute Gasteiger partial charge is 0.496 e. The van der Waals surface area contributed by atoms with Gasteiger partial charge >= 0.3 is 6.03 Å². The van der Waals surface area contributed by atoms with Gasteiger partial charge in [-0.05, 0) is 55.8 Å². The minimum atomic E-state index is -0.154. The first kappa shape index (κ1) is 21.4. The lowest BCUT2D eigenvalue weighted by Crippen LogP contribution is -2.49. The van der Waals surface area contributed by atoms with Crippen LogP contribution in [0.25, 0.3) is 0 Å². The van der Waals surface area contributed by atoms with Crippen LogP contribution in [0.3, 0.4) is 0 Å². The van der Waals surface area contributed by atoms with Crippen molar-refractivity contribution < 1.29 is 14.3 Å². The molecule has 0 radical (unpaired) electrons. The van der Waals surface area contributed by atoms with Crippen molar-refractivity contribution in [3.63, 3.8) is 0 Å². The Bertz CT molecular complexity index is 1110. The molecule has 1 N–H and O–H groups in total. The molecule has 1 aliphatic rings. The van der Waals surface area contributed by atoms with Crippen LogP contribution in [0.2, 0.25) is 0 Å². The zero-order chi connectivity index (χ0) is 22.5. The molecule has 6 nitrogen and oxygen atoms in total. The van der Waals surface area contributed by atoms with Gasteiger partial charge in [0.2, 0.25) is 0 Å². The Balaban J connectivity index is 1.44. The Kier molecular flexibility index (Phi) is 6.40. The third-order valence-corrected chi connectivity index (χ3v) is 5.58. The first-order valence-electron chi connectivity index (χ1n) is 10.7. The number of amides is 3. The van der Waals surface area contributed by atoms with Gasteiger partial charge in [-0.15, -0.1) is 0 Å². The second kappa shape index (κ2) is 9.56. The summed E-state index contributed by atoms with van der Waals surface area (Å²) in [4.78, 5) is 29.3. The van der Waals surface area contributed by atoms with E-state index in [0.29, 0.717) is 30.9 Å². The summed E-state index contributed by atoms with van der Waals surface area (Å²) in [6.07, 6.45) is 0.882. The molecule has 3 aromatic carbocycles. The first-order valence-corrected chi connectivity index (χ1v) is 10.7. The Morgan fingerprint density at radius 3 is 2.53 bits per heavy atom. The van der Waals surface area contributed by atoms with Crippen molar-refractivity contribution in [3.05, 3.63) is 89.5 Å². The summed E-state index contributed by atoms with van der Waals surface area (Å²) in [5, 5.41) is 2.91. The van der Waals surface area contributed by atoms with E-state index in [2.05, 4.69) is 5.32 Å². The molecule has 6 heteroatoms. The number of ether oxygens (including phenoxy) is 1. The third-order valence-electron chi connectivity index (χ3n) is 5.58. The minimum absolute atomic E-state index is 0.0290. The van der Waals surface area contributed by atoms with Gasteiger partial charge in [0.05, 0.1) is 13.7 Å². The van der Waals surface area contributed by atoms with E-state index in [1.54, 1.807) is 18.1 Å². The summed E-state index contributed by atoms with van der Waals surface area (Å²) >= 11 is 0. The molecule has 32 heavy (non-hydrogen) atoms. The fourth-order valence-corrected chi connectivity index (χ4v) is 3.92. The van der Waals surface area contributed by atoms with Gasteiger partial charge in [0.15, 0.2) is 0 Å². The molecule has 1 fully saturated rings. The van der Waals surface area contributed by atoms with Gasteiger partial charge in [-0.25, -0.2) is 4.79 Å². The van der Waals surface area contributed by atoms with Crippen LogP contribution in [0.5, 0.6) is 5.75 Å². The van der Waals surface area contributed by atoms with Crippen molar-refractivity contribution in [2.45, 2.75) is 19.9 Å². The second-order valence-electron chi connectivity index (χ2n) is 7.89. The van der Waals surface area contributed by atoms with Crippen LogP contribution >= 0.6 is 0 Å². The fourth-order valence-electron chi connectivity index (χ4n) is 3.92. The number of methoxy groups -OCH3 is 1. The molecule has 1 saturated heterocycles. The molecule has 0 saturated carbocycles. The molecule has 0 atom stereocenters. The maximum Gasteiger partial charge on any atom is 0.324 e. The number of hydrogen-bond acceptors (Lipinski definition) is 3. The van der Waals surface area contributed by atoms with Gasteiger partial charge in [-0.3, -0.25) is 9.69 Å². The number of nitrogens with zero attached hydrogens (tertiary/aromatic N) is 2. The highest BCUT2D eigenvalue weighted by atomic mass is 16.5. The Hall–Kier alpha value is -3.80. The van der Waals surface area contributed by atoms with Gasteiger partial charge in [0.25, 0.3) is 5.91 Å². The van der Waals surface area contributed by atoms with E-state index in [1.165, 1.54) is 0 Å². The van der Waals surface area contributed by atoms with Gasteiger partial charge in [-0.1, -0.05) is 35.9 Å². The Labute approximate surface area is 188 Å². The number of rotatable bonds is 6. The molecule has 1 aliphatic heterocycles. The molecular formula is C26H27N3O3. The van der Waals surface area contributed by atoms with Gasteiger partial charge in [0.1, 0.15) is 5.75 Å². The molecule has 0 spiro atoms. The topological polar surface area (TPSA) is 61.9 Å². The average Bonchev–Trinajstić information content (AvgIpc) is 2.81. The smallest absolute Gasteiger partial charge is 0.324 e. The maximum absolute atomic E-state index is 13.2. The van der Waals surface area contributed by atoms with Gasteiger partial charge in [0, 0.05) is 35.6 Å². The Morgan fingerprint density at radius 1 is 1.00 bits per heavy atom. The monoisotopic (exact) mass is 429 g/mol. The van der Waals surface area contributed by atoms with Crippen LogP contribution in [-0.2, 0) is 6.54 Å². The SMILES string of the molecule is COc1ccccc1CN1CCCN(c2ccc(NC(=O)c3cccc(C)c3)cc2)C1=O. The van der Waals surface area contributed by atoms with E-state index in [-0.39, 0.29) is 11.9 Å². The zero-order valence-electron chi connectivity index (χ0n) is 18.4. The summed E-state index contributed by atoms with van der Waals surface area (Å²) < 4.78 is 5.43. The molecule has 1 heterocycles. The molecule has 0 aliphatic carbocycles. The minimum Gasteiger partial charge on any atom is -0.496 e. The quantitative estimate of drug-likeness (QED) is 0.594. The highest BCUT2D eigenvalue weighted by molar-refractivity contribution is 6.04. The lowest BCUT2D eigenvalue weighted by Gasteiger charge is -2.36. The molecule has 0 bridgehead atoms. The van der Waals surface area contributed by atoms with Crippen molar-refractivity contribution in [2.75, 3.05) is 30.4 Å². The van der Waals surface area contributed by atoms with E-state index in [9.17, 15) is 9.59 Å². The summed E-state index contributed by atoms with van der Waals surface area (Å²) in [7, 11) is 1.64. The fraction of sp³-hybridized carbons (Fsp3) is 0.231. The average molecular weight is 430 g/mol. The van der Waals surface area contributed by atoms with E-state index < -0.39 is 0 Å². The third kappa shape index (κ3) is 4.75. The first-order chi connectivity index (χ1) is 15.5. The van der Waals surface area contributed by atoms with Gasteiger partial charge < -0.3 is 15.0 Å². The number of anilines is 2. The van der Waals surface area contributed by atoms with Gasteiger partial charge in [-0.2, -0.15) is 0 Å². The van der Waals surface area contributed by atoms with Crippen LogP contribution in [0.15, 0.2) is 72.8 Å². The number of aryl methyl sites for hydroxylation is 1. The lowest BCUT2D eigenvalue weighted by molar-refractivity contribution is 0.102. The van der Waals surface area contributed by atoms with Crippen LogP contribution in [-0.4, -0.2) is 37.0 Å². The molecule has 4 rings (SSSR count). The predicted molar refractivity (Wildman–Crippen MR) is 126 cm³/mol. The summed E-state index contributed by atoms with van der Waals surface area (Å²) in [5.74, 6) is 0.629. The van der Waals surface area contributed by atoms with Crippen LogP contribution in [0.1, 0.15) is 27.9 Å². The Morgan fingerprint density at radius 2 is 1.78 bits per heavy atom. The molecule has 3 amide bonds. The predicted octanol–water partition coefficient (Wildman–Crippen LogP) is 5.09. The van der Waals surface area contributed by atoms with E-state index >= 15 is 0 Å². The normalized spacial score (nSPS) is 13.8. The number of para-hydroxylation sites is 1. The summed E-state index contributed by atoms with van der Waals surface area (Å²) in [6.45, 7) is 3.83. The number of carbonyl (C=O) groups is 2. The maximum atomic E-state index is 13.2. The number of hydrogen-bond donors (Lipinski definition) is 1. The van der Waals surface area contributed by atoms with E-state index in [4.69, 9.17) is 4.74 Å². The number of benzene rings is 3. The summed E-state index contributed by atoms with van der Waals surface area (Å²) in [6, 6.07) is 22.6. The number of carbonyl (C=O) groups excluding carboxylic acids is 2. The van der Waals surface area contributed by atoms with E-state index in [1.807, 2.05) is 78.6 Å². The molecular weight excluding hydrogens is 402 g/mol. The lowest BCUT2D eigenvalue weighted by atomic mass is 10.1. The highest BCUT2D eigenvalue weighted by Gasteiger charge is 2.27. The standard InChI is InChI=1S/C26H27N3O3/c1-19-7-5-9-20(17-19)25(30)27-22-11-13-23(14-12-22)29-16-6-15-28(26(29)31)18-21-8-3-4-10-24(21)32-2/h3-5,7-14,17H,6,15-16,18H2,1-2H3,(H,27,30). The molecule has 3 aromatic rings. The molecule has 164 valence electrons. The highest BCUT2D eigenvalue weighted by Crippen LogP contribution is 2.25. The van der Waals surface area contributed by atoms with Crippen molar-refractivity contribution in [3.8, 4) is 5.75 Å². The summed E-state index contributed by atoms with van der Waals surface area (Å²) in [5.41, 5.74) is 4.14. The van der Waals surface area contributed by atoms with Crippen LogP contribution in [0.4, 0.5) is 16.2 Å².